The van der Waals surface area contributed by atoms with E-state index in [1.165, 1.54) is 7.11 Å². The number of fused-ring (bicyclic) bond motifs is 1. The number of hydrogen-bond acceptors (Lipinski definition) is 4. The lowest BCUT2D eigenvalue weighted by molar-refractivity contribution is 0.0600. The molecule has 1 N–H and O–H groups in total. The number of rotatable bonds is 3. The molecular weight excluding hydrogens is 278 g/mol. The molecule has 0 spiro atoms. The summed E-state index contributed by atoms with van der Waals surface area (Å²) in [4.78, 5) is 23.8. The van der Waals surface area contributed by atoms with Crippen LogP contribution in [-0.2, 0) is 4.74 Å². The second-order valence-corrected chi connectivity index (χ2v) is 5.52. The third-order valence-corrected chi connectivity index (χ3v) is 4.07. The molecule has 4 rings (SSSR count). The molecule has 5 nitrogen and oxygen atoms in total. The number of carbonyl (C=O) groups is 1. The molecule has 0 amide bonds. The lowest BCUT2D eigenvalue weighted by atomic mass is 10.0. The number of H-pyrrole nitrogens is 1. The fourth-order valence-corrected chi connectivity index (χ4v) is 2.87. The number of esters is 1. The van der Waals surface area contributed by atoms with Crippen LogP contribution in [0.25, 0.3) is 22.3 Å². The first-order chi connectivity index (χ1) is 10.8. The van der Waals surface area contributed by atoms with Gasteiger partial charge in [0.25, 0.3) is 0 Å². The van der Waals surface area contributed by atoms with Crippen molar-refractivity contribution in [2.75, 3.05) is 7.11 Å². The molecule has 2 aromatic heterocycles. The van der Waals surface area contributed by atoms with Gasteiger partial charge in [-0.2, -0.15) is 0 Å². The second-order valence-electron chi connectivity index (χ2n) is 5.52. The fraction of sp³-hybridized carbons (Fsp3) is 0.235. The third-order valence-electron chi connectivity index (χ3n) is 4.07. The van der Waals surface area contributed by atoms with E-state index in [1.807, 2.05) is 18.2 Å². The Hall–Kier alpha value is -2.69. The van der Waals surface area contributed by atoms with Crippen LogP contribution in [0.1, 0.15) is 34.7 Å². The minimum atomic E-state index is -0.287. The SMILES string of the molecule is COC(=O)c1c[nH]c(-c2ccc3nccnc3c2)c1C1CC1. The highest BCUT2D eigenvalue weighted by atomic mass is 16.5. The number of nitrogens with zero attached hydrogens (tertiary/aromatic N) is 2. The van der Waals surface area contributed by atoms with Crippen molar-refractivity contribution in [3.63, 3.8) is 0 Å². The molecule has 1 aromatic carbocycles. The van der Waals surface area contributed by atoms with E-state index in [0.717, 1.165) is 40.7 Å². The highest BCUT2D eigenvalue weighted by Gasteiger charge is 2.32. The molecule has 5 heteroatoms. The van der Waals surface area contributed by atoms with E-state index in [4.69, 9.17) is 4.74 Å². The smallest absolute Gasteiger partial charge is 0.339 e. The molecule has 3 aromatic rings. The van der Waals surface area contributed by atoms with Gasteiger partial charge in [0.1, 0.15) is 0 Å². The molecule has 2 heterocycles. The zero-order valence-electron chi connectivity index (χ0n) is 12.2. The van der Waals surface area contributed by atoms with Gasteiger partial charge in [-0.25, -0.2) is 4.79 Å². The number of carbonyl (C=O) groups excluding carboxylic acids is 1. The van der Waals surface area contributed by atoms with Gasteiger partial charge in [-0.3, -0.25) is 9.97 Å². The van der Waals surface area contributed by atoms with E-state index in [1.54, 1.807) is 18.6 Å². The Kier molecular flexibility index (Phi) is 2.92. The molecule has 1 aliphatic carbocycles. The van der Waals surface area contributed by atoms with Crippen molar-refractivity contribution in [3.8, 4) is 11.3 Å². The van der Waals surface area contributed by atoms with Crippen LogP contribution >= 0.6 is 0 Å². The first-order valence-electron chi connectivity index (χ1n) is 7.28. The first kappa shape index (κ1) is 13.0. The van der Waals surface area contributed by atoms with E-state index in [9.17, 15) is 4.79 Å². The molecule has 0 unspecified atom stereocenters. The van der Waals surface area contributed by atoms with Gasteiger partial charge in [0.2, 0.25) is 0 Å². The highest BCUT2D eigenvalue weighted by Crippen LogP contribution is 2.46. The number of aromatic amines is 1. The van der Waals surface area contributed by atoms with E-state index >= 15 is 0 Å². The van der Waals surface area contributed by atoms with Crippen molar-refractivity contribution in [2.45, 2.75) is 18.8 Å². The van der Waals surface area contributed by atoms with Crippen LogP contribution in [0.5, 0.6) is 0 Å². The largest absolute Gasteiger partial charge is 0.465 e. The number of ether oxygens (including phenoxy) is 1. The van der Waals surface area contributed by atoms with E-state index < -0.39 is 0 Å². The molecule has 1 aliphatic rings. The van der Waals surface area contributed by atoms with Gasteiger partial charge < -0.3 is 9.72 Å². The standard InChI is InChI=1S/C17H15N3O2/c1-22-17(21)12-9-20-16(15(12)10-2-3-10)11-4-5-13-14(8-11)19-7-6-18-13/h4-10,20H,2-3H2,1H3. The summed E-state index contributed by atoms with van der Waals surface area (Å²) < 4.78 is 4.89. The topological polar surface area (TPSA) is 67.9 Å². The summed E-state index contributed by atoms with van der Waals surface area (Å²) in [5, 5.41) is 0. The lowest BCUT2D eigenvalue weighted by Crippen LogP contribution is -2.02. The van der Waals surface area contributed by atoms with Gasteiger partial charge in [0.05, 0.1) is 23.7 Å². The van der Waals surface area contributed by atoms with Crippen LogP contribution in [-0.4, -0.2) is 28.0 Å². The second kappa shape index (κ2) is 4.94. The maximum absolute atomic E-state index is 12.0. The zero-order valence-corrected chi connectivity index (χ0v) is 12.2. The Morgan fingerprint density at radius 2 is 2.00 bits per heavy atom. The van der Waals surface area contributed by atoms with Crippen molar-refractivity contribution in [1.82, 2.24) is 15.0 Å². The maximum atomic E-state index is 12.0. The molecule has 22 heavy (non-hydrogen) atoms. The highest BCUT2D eigenvalue weighted by molar-refractivity contribution is 5.94. The van der Waals surface area contributed by atoms with Crippen LogP contribution in [0.2, 0.25) is 0 Å². The molecule has 0 aliphatic heterocycles. The van der Waals surface area contributed by atoms with Gasteiger partial charge in [0.15, 0.2) is 0 Å². The summed E-state index contributed by atoms with van der Waals surface area (Å²) in [5.74, 6) is 0.151. The van der Waals surface area contributed by atoms with E-state index in [0.29, 0.717) is 11.5 Å². The zero-order chi connectivity index (χ0) is 15.1. The normalized spacial score (nSPS) is 14.2. The molecule has 0 saturated heterocycles. The molecule has 1 saturated carbocycles. The number of nitrogens with one attached hydrogen (secondary N) is 1. The summed E-state index contributed by atoms with van der Waals surface area (Å²) in [6.45, 7) is 0. The van der Waals surface area contributed by atoms with Crippen molar-refractivity contribution >= 4 is 17.0 Å². The van der Waals surface area contributed by atoms with Gasteiger partial charge in [-0.05, 0) is 36.5 Å². The number of benzene rings is 1. The summed E-state index contributed by atoms with van der Waals surface area (Å²) in [6.07, 6.45) is 7.34. The van der Waals surface area contributed by atoms with Gasteiger partial charge in [0, 0.05) is 29.8 Å². The maximum Gasteiger partial charge on any atom is 0.339 e. The Bertz CT molecular complexity index is 865. The van der Waals surface area contributed by atoms with Crippen LogP contribution in [0.3, 0.4) is 0 Å². The molecular formula is C17H15N3O2. The molecule has 0 radical (unpaired) electrons. The van der Waals surface area contributed by atoms with Crippen molar-refractivity contribution in [1.29, 1.82) is 0 Å². The average Bonchev–Trinajstić information content (AvgIpc) is 3.31. The lowest BCUT2D eigenvalue weighted by Gasteiger charge is -2.06. The van der Waals surface area contributed by atoms with Crippen LogP contribution in [0.4, 0.5) is 0 Å². The van der Waals surface area contributed by atoms with Crippen molar-refractivity contribution in [2.24, 2.45) is 0 Å². The summed E-state index contributed by atoms with van der Waals surface area (Å²) in [6, 6.07) is 5.96. The van der Waals surface area contributed by atoms with Crippen molar-refractivity contribution < 1.29 is 9.53 Å². The Balaban J connectivity index is 1.87. The van der Waals surface area contributed by atoms with Gasteiger partial charge in [-0.15, -0.1) is 0 Å². The third kappa shape index (κ3) is 2.06. The van der Waals surface area contributed by atoms with Crippen LogP contribution < -0.4 is 0 Å². The first-order valence-corrected chi connectivity index (χ1v) is 7.28. The van der Waals surface area contributed by atoms with Gasteiger partial charge >= 0.3 is 5.97 Å². The van der Waals surface area contributed by atoms with Crippen molar-refractivity contribution in [3.05, 3.63) is 47.9 Å². The van der Waals surface area contributed by atoms with Gasteiger partial charge in [-0.1, -0.05) is 6.07 Å². The van der Waals surface area contributed by atoms with E-state index in [2.05, 4.69) is 15.0 Å². The molecule has 110 valence electrons. The number of hydrogen-bond donors (Lipinski definition) is 1. The number of aromatic nitrogens is 3. The predicted molar refractivity (Wildman–Crippen MR) is 82.6 cm³/mol. The van der Waals surface area contributed by atoms with E-state index in [-0.39, 0.29) is 5.97 Å². The average molecular weight is 293 g/mol. The van der Waals surface area contributed by atoms with Crippen LogP contribution in [0.15, 0.2) is 36.8 Å². The molecule has 0 bridgehead atoms. The molecule has 1 fully saturated rings. The fourth-order valence-electron chi connectivity index (χ4n) is 2.87. The molecule has 0 atom stereocenters. The number of methoxy groups -OCH3 is 1. The van der Waals surface area contributed by atoms with Crippen LogP contribution in [0, 0.1) is 0 Å². The summed E-state index contributed by atoms with van der Waals surface area (Å²) in [5.41, 5.74) is 5.41. The Morgan fingerprint density at radius 1 is 1.23 bits per heavy atom. The summed E-state index contributed by atoms with van der Waals surface area (Å²) in [7, 11) is 1.41. The Morgan fingerprint density at radius 3 is 2.73 bits per heavy atom. The monoisotopic (exact) mass is 293 g/mol. The minimum absolute atomic E-state index is 0.287. The predicted octanol–water partition coefficient (Wildman–Crippen LogP) is 3.29. The quantitative estimate of drug-likeness (QED) is 0.752. The minimum Gasteiger partial charge on any atom is -0.465 e. The summed E-state index contributed by atoms with van der Waals surface area (Å²) >= 11 is 0. The Labute approximate surface area is 127 Å².